The molecule has 0 aliphatic rings. The van der Waals surface area contributed by atoms with Gasteiger partial charge in [0.1, 0.15) is 4.88 Å². The fraction of sp³-hybridized carbons (Fsp3) is 0.214. The van der Waals surface area contributed by atoms with Crippen molar-refractivity contribution in [3.8, 4) is 10.4 Å². The van der Waals surface area contributed by atoms with Crippen LogP contribution in [-0.2, 0) is 11.2 Å². The van der Waals surface area contributed by atoms with Crippen LogP contribution in [0.3, 0.4) is 0 Å². The first-order chi connectivity index (χ1) is 8.65. The quantitative estimate of drug-likeness (QED) is 0.775. The van der Waals surface area contributed by atoms with Gasteiger partial charge in [-0.1, -0.05) is 31.2 Å². The summed E-state index contributed by atoms with van der Waals surface area (Å²) in [5.41, 5.74) is 2.41. The Morgan fingerprint density at radius 2 is 2.17 bits per heavy atom. The Morgan fingerprint density at radius 3 is 2.83 bits per heavy atom. The molecule has 0 spiro atoms. The molecule has 18 heavy (non-hydrogen) atoms. The average Bonchev–Trinajstić information content (AvgIpc) is 2.80. The van der Waals surface area contributed by atoms with Gasteiger partial charge in [-0.05, 0) is 39.5 Å². The molecule has 0 saturated heterocycles. The Balaban J connectivity index is 2.44. The smallest absolute Gasteiger partial charge is 0.348 e. The number of hydrogen-bond donors (Lipinski definition) is 0. The van der Waals surface area contributed by atoms with Crippen molar-refractivity contribution in [2.45, 2.75) is 13.3 Å². The maximum absolute atomic E-state index is 11.5. The summed E-state index contributed by atoms with van der Waals surface area (Å²) in [5, 5.41) is 0. The highest BCUT2D eigenvalue weighted by Gasteiger charge is 2.14. The highest BCUT2D eigenvalue weighted by molar-refractivity contribution is 9.10. The average molecular weight is 325 g/mol. The van der Waals surface area contributed by atoms with Gasteiger partial charge in [-0.15, -0.1) is 11.3 Å². The summed E-state index contributed by atoms with van der Waals surface area (Å²) < 4.78 is 5.67. The minimum Gasteiger partial charge on any atom is -0.465 e. The van der Waals surface area contributed by atoms with Crippen LogP contribution in [-0.4, -0.2) is 13.1 Å². The Morgan fingerprint density at radius 1 is 1.39 bits per heavy atom. The molecule has 2 rings (SSSR count). The van der Waals surface area contributed by atoms with Crippen LogP contribution >= 0.6 is 27.3 Å². The fourth-order valence-corrected chi connectivity index (χ4v) is 3.52. The van der Waals surface area contributed by atoms with Gasteiger partial charge in [0.2, 0.25) is 0 Å². The van der Waals surface area contributed by atoms with Gasteiger partial charge in [0, 0.05) is 9.35 Å². The van der Waals surface area contributed by atoms with Crippen LogP contribution in [0.4, 0.5) is 0 Å². The molecule has 0 aliphatic heterocycles. The van der Waals surface area contributed by atoms with Crippen molar-refractivity contribution in [3.63, 3.8) is 0 Å². The molecular formula is C14H13BrO2S. The number of ether oxygens (including phenoxy) is 1. The molecule has 0 aliphatic carbocycles. The zero-order valence-electron chi connectivity index (χ0n) is 10.2. The van der Waals surface area contributed by atoms with E-state index in [0.29, 0.717) is 4.88 Å². The van der Waals surface area contributed by atoms with Gasteiger partial charge in [0.05, 0.1) is 7.11 Å². The van der Waals surface area contributed by atoms with E-state index in [-0.39, 0.29) is 5.97 Å². The fourth-order valence-electron chi connectivity index (χ4n) is 1.70. The van der Waals surface area contributed by atoms with Crippen molar-refractivity contribution >= 4 is 33.2 Å². The molecule has 0 unspecified atom stereocenters. The van der Waals surface area contributed by atoms with E-state index in [1.807, 2.05) is 12.1 Å². The predicted octanol–water partition coefficient (Wildman–Crippen LogP) is 4.53. The molecule has 0 saturated carbocycles. The molecule has 0 radical (unpaired) electrons. The zero-order valence-corrected chi connectivity index (χ0v) is 12.6. The van der Waals surface area contributed by atoms with Crippen molar-refractivity contribution < 1.29 is 9.53 Å². The monoisotopic (exact) mass is 324 g/mol. The normalized spacial score (nSPS) is 10.4. The lowest BCUT2D eigenvalue weighted by Crippen LogP contribution is -1.96. The second kappa shape index (κ2) is 5.67. The third-order valence-corrected chi connectivity index (χ3v) is 4.72. The molecule has 0 atom stereocenters. The van der Waals surface area contributed by atoms with Crippen molar-refractivity contribution in [1.29, 1.82) is 0 Å². The molecule has 4 heteroatoms. The highest BCUT2D eigenvalue weighted by atomic mass is 79.9. The summed E-state index contributed by atoms with van der Waals surface area (Å²) in [6, 6.07) is 10.2. The van der Waals surface area contributed by atoms with Gasteiger partial charge in [-0.2, -0.15) is 0 Å². The van der Waals surface area contributed by atoms with Crippen LogP contribution in [0, 0.1) is 0 Å². The van der Waals surface area contributed by atoms with Gasteiger partial charge < -0.3 is 4.74 Å². The van der Waals surface area contributed by atoms with E-state index in [0.717, 1.165) is 21.3 Å². The minimum atomic E-state index is -0.293. The summed E-state index contributed by atoms with van der Waals surface area (Å²) in [7, 11) is 1.40. The van der Waals surface area contributed by atoms with E-state index in [1.165, 1.54) is 24.0 Å². The molecule has 94 valence electrons. The Kier molecular flexibility index (Phi) is 4.19. The third kappa shape index (κ3) is 2.65. The van der Waals surface area contributed by atoms with E-state index in [1.54, 1.807) is 0 Å². The van der Waals surface area contributed by atoms with Crippen LogP contribution in [0.1, 0.15) is 22.2 Å². The number of thiophene rings is 1. The first-order valence-electron chi connectivity index (χ1n) is 5.62. The second-order valence-electron chi connectivity index (χ2n) is 3.83. The molecule has 1 aromatic heterocycles. The molecule has 2 nitrogen and oxygen atoms in total. The molecule has 0 amide bonds. The Bertz CT molecular complexity index is 575. The number of esters is 1. The van der Waals surface area contributed by atoms with Crippen molar-refractivity contribution in [1.82, 2.24) is 0 Å². The van der Waals surface area contributed by atoms with Gasteiger partial charge in [-0.3, -0.25) is 0 Å². The predicted molar refractivity (Wildman–Crippen MR) is 78.2 cm³/mol. The van der Waals surface area contributed by atoms with Crippen LogP contribution in [0.2, 0.25) is 0 Å². The Labute approximate surface area is 119 Å². The SMILES string of the molecule is CCc1cccc(-c2sc(C(=O)OC)cc2Br)c1. The third-order valence-electron chi connectivity index (χ3n) is 2.67. The Hall–Kier alpha value is -1.13. The number of benzene rings is 1. The number of carbonyl (C=O) groups is 1. The molecule has 2 aromatic rings. The van der Waals surface area contributed by atoms with Gasteiger partial charge >= 0.3 is 5.97 Å². The number of methoxy groups -OCH3 is 1. The van der Waals surface area contributed by atoms with Gasteiger partial charge in [0.25, 0.3) is 0 Å². The summed E-state index contributed by atoms with van der Waals surface area (Å²) >= 11 is 4.94. The highest BCUT2D eigenvalue weighted by Crippen LogP contribution is 2.37. The van der Waals surface area contributed by atoms with Crippen LogP contribution < -0.4 is 0 Å². The lowest BCUT2D eigenvalue weighted by Gasteiger charge is -2.02. The van der Waals surface area contributed by atoms with E-state index in [4.69, 9.17) is 4.74 Å². The van der Waals surface area contributed by atoms with Crippen molar-refractivity contribution in [3.05, 3.63) is 45.2 Å². The van der Waals surface area contributed by atoms with E-state index in [9.17, 15) is 4.79 Å². The van der Waals surface area contributed by atoms with Crippen LogP contribution in [0.5, 0.6) is 0 Å². The molecule has 0 bridgehead atoms. The lowest BCUT2D eigenvalue weighted by atomic mass is 10.1. The van der Waals surface area contributed by atoms with Crippen LogP contribution in [0.15, 0.2) is 34.8 Å². The van der Waals surface area contributed by atoms with E-state index < -0.39 is 0 Å². The number of rotatable bonds is 3. The lowest BCUT2D eigenvalue weighted by molar-refractivity contribution is 0.0606. The molecule has 1 aromatic carbocycles. The van der Waals surface area contributed by atoms with Crippen molar-refractivity contribution in [2.75, 3.05) is 7.11 Å². The number of halogens is 1. The largest absolute Gasteiger partial charge is 0.465 e. The maximum Gasteiger partial charge on any atom is 0.348 e. The van der Waals surface area contributed by atoms with E-state index in [2.05, 4.69) is 41.1 Å². The second-order valence-corrected chi connectivity index (χ2v) is 5.74. The van der Waals surface area contributed by atoms with E-state index >= 15 is 0 Å². The molecule has 1 heterocycles. The topological polar surface area (TPSA) is 26.3 Å². The number of aryl methyl sites for hydroxylation is 1. The summed E-state index contributed by atoms with van der Waals surface area (Å²) in [6.07, 6.45) is 1.00. The maximum atomic E-state index is 11.5. The first-order valence-corrected chi connectivity index (χ1v) is 7.23. The van der Waals surface area contributed by atoms with Gasteiger partial charge in [-0.25, -0.2) is 4.79 Å². The zero-order chi connectivity index (χ0) is 13.1. The molecular weight excluding hydrogens is 312 g/mol. The molecule has 0 fully saturated rings. The van der Waals surface area contributed by atoms with Crippen LogP contribution in [0.25, 0.3) is 10.4 Å². The summed E-state index contributed by atoms with van der Waals surface area (Å²) in [6.45, 7) is 2.13. The first kappa shape index (κ1) is 13.3. The number of carbonyl (C=O) groups excluding carboxylic acids is 1. The molecule has 0 N–H and O–H groups in total. The van der Waals surface area contributed by atoms with Crippen molar-refractivity contribution in [2.24, 2.45) is 0 Å². The standard InChI is InChI=1S/C14H13BrO2S/c1-3-9-5-4-6-10(7-9)13-11(15)8-12(18-13)14(16)17-2/h4-8H,3H2,1-2H3. The van der Waals surface area contributed by atoms with Gasteiger partial charge in [0.15, 0.2) is 0 Å². The number of hydrogen-bond acceptors (Lipinski definition) is 3. The summed E-state index contributed by atoms with van der Waals surface area (Å²) in [4.78, 5) is 13.2. The summed E-state index contributed by atoms with van der Waals surface area (Å²) in [5.74, 6) is -0.293. The minimum absolute atomic E-state index is 0.293.